The number of ether oxygens (including phenoxy) is 1. The maximum absolute atomic E-state index is 16.2. The van der Waals surface area contributed by atoms with Crippen LogP contribution in [0.15, 0.2) is 10.5 Å². The van der Waals surface area contributed by atoms with Crippen molar-refractivity contribution < 1.29 is 31.5 Å². The van der Waals surface area contributed by atoms with Gasteiger partial charge in [0.1, 0.15) is 28.9 Å². The Balaban J connectivity index is 1.39. The third kappa shape index (κ3) is 4.92. The molecule has 0 spiro atoms. The van der Waals surface area contributed by atoms with Gasteiger partial charge in [0.25, 0.3) is 0 Å². The van der Waals surface area contributed by atoms with Crippen molar-refractivity contribution in [2.45, 2.75) is 108 Å². The van der Waals surface area contributed by atoms with Crippen LogP contribution < -0.4 is 4.90 Å². The van der Waals surface area contributed by atoms with Gasteiger partial charge in [-0.2, -0.15) is 8.78 Å². The Hall–Kier alpha value is -2.28. The van der Waals surface area contributed by atoms with Crippen LogP contribution in [0, 0.1) is 11.6 Å². The third-order valence-corrected chi connectivity index (χ3v) is 10.0. The van der Waals surface area contributed by atoms with E-state index in [1.807, 2.05) is 4.90 Å². The van der Waals surface area contributed by atoms with Gasteiger partial charge in [0.15, 0.2) is 5.82 Å². The minimum atomic E-state index is -3.61. The number of carbonyl (C=O) groups is 1. The van der Waals surface area contributed by atoms with Gasteiger partial charge in [-0.1, -0.05) is 0 Å². The lowest BCUT2D eigenvalue weighted by atomic mass is 9.86. The summed E-state index contributed by atoms with van der Waals surface area (Å²) in [6, 6.07) is 0.00535. The van der Waals surface area contributed by atoms with Gasteiger partial charge in [-0.15, -0.1) is 0 Å². The van der Waals surface area contributed by atoms with E-state index in [0.29, 0.717) is 32.2 Å². The van der Waals surface area contributed by atoms with Crippen molar-refractivity contribution >= 4 is 38.7 Å². The molecule has 2 bridgehead atoms. The summed E-state index contributed by atoms with van der Waals surface area (Å²) in [5.74, 6) is -6.50. The number of alkyl halides is 3. The Morgan fingerprint density at radius 1 is 1.17 bits per heavy atom. The van der Waals surface area contributed by atoms with E-state index in [0.717, 1.165) is 6.07 Å². The van der Waals surface area contributed by atoms with Crippen molar-refractivity contribution in [3.05, 3.63) is 28.0 Å². The lowest BCUT2D eigenvalue weighted by Crippen LogP contribution is -2.57. The number of anilines is 1. The van der Waals surface area contributed by atoms with Crippen LogP contribution in [0.4, 0.5) is 32.6 Å². The van der Waals surface area contributed by atoms with E-state index in [2.05, 4.69) is 25.9 Å². The molecular formula is C29H35BrF5N5O2. The number of piperazine rings is 1. The van der Waals surface area contributed by atoms with E-state index >= 15 is 13.2 Å². The van der Waals surface area contributed by atoms with Crippen LogP contribution in [-0.4, -0.2) is 80.9 Å². The predicted molar refractivity (Wildman–Crippen MR) is 150 cm³/mol. The fourth-order valence-corrected chi connectivity index (χ4v) is 7.85. The summed E-state index contributed by atoms with van der Waals surface area (Å²) in [4.78, 5) is 26.5. The highest BCUT2D eigenvalue weighted by Crippen LogP contribution is 2.51. The van der Waals surface area contributed by atoms with Gasteiger partial charge in [0.2, 0.25) is 5.82 Å². The molecule has 1 amide bonds. The van der Waals surface area contributed by atoms with Gasteiger partial charge >= 0.3 is 12.0 Å². The van der Waals surface area contributed by atoms with Crippen molar-refractivity contribution in [3.63, 3.8) is 0 Å². The topological polar surface area (TPSA) is 61.8 Å². The Morgan fingerprint density at radius 2 is 1.83 bits per heavy atom. The number of amides is 1. The highest BCUT2D eigenvalue weighted by molar-refractivity contribution is 9.10. The van der Waals surface area contributed by atoms with E-state index in [9.17, 15) is 13.6 Å². The smallest absolute Gasteiger partial charge is 0.410 e. The first-order valence-corrected chi connectivity index (χ1v) is 15.3. The van der Waals surface area contributed by atoms with Gasteiger partial charge in [-0.3, -0.25) is 9.80 Å². The zero-order valence-corrected chi connectivity index (χ0v) is 25.7. The molecule has 230 valence electrons. The summed E-state index contributed by atoms with van der Waals surface area (Å²) in [5.41, 5.74) is -2.15. The highest BCUT2D eigenvalue weighted by Gasteiger charge is 2.58. The molecule has 1 aromatic carbocycles. The van der Waals surface area contributed by atoms with E-state index in [-0.39, 0.29) is 42.8 Å². The molecule has 6 rings (SSSR count). The number of carbonyl (C=O) groups excluding carboxylic acids is 1. The molecule has 5 heterocycles. The molecule has 7 nitrogen and oxygen atoms in total. The second-order valence-electron chi connectivity index (χ2n) is 13.3. The van der Waals surface area contributed by atoms with Crippen molar-refractivity contribution in [3.8, 4) is 0 Å². The molecule has 4 saturated heterocycles. The van der Waals surface area contributed by atoms with Crippen LogP contribution in [0.3, 0.4) is 0 Å². The maximum atomic E-state index is 16.2. The Kier molecular flexibility index (Phi) is 7.19. The number of aromatic nitrogens is 2. The molecule has 2 aromatic rings. The summed E-state index contributed by atoms with van der Waals surface area (Å²) in [7, 11) is 0. The largest absolute Gasteiger partial charge is 0.444 e. The molecule has 2 unspecified atom stereocenters. The van der Waals surface area contributed by atoms with Crippen LogP contribution in [-0.2, 0) is 10.7 Å². The summed E-state index contributed by atoms with van der Waals surface area (Å²) in [6.07, 6.45) is 0.0682. The number of fused-ring (bicyclic) bond motifs is 4. The summed E-state index contributed by atoms with van der Waals surface area (Å²) < 4.78 is 82.4. The number of benzene rings is 1. The van der Waals surface area contributed by atoms with E-state index < -0.39 is 69.2 Å². The Labute approximate surface area is 249 Å². The first kappa shape index (κ1) is 29.8. The number of halogens is 6. The van der Waals surface area contributed by atoms with Crippen LogP contribution in [0.1, 0.15) is 72.0 Å². The minimum Gasteiger partial charge on any atom is -0.444 e. The first-order chi connectivity index (χ1) is 19.6. The molecule has 13 heteroatoms. The van der Waals surface area contributed by atoms with Crippen molar-refractivity contribution in [2.75, 3.05) is 24.5 Å². The molecule has 0 aliphatic carbocycles. The fraction of sp³-hybridized carbons (Fsp3) is 0.690. The molecule has 0 saturated carbocycles. The van der Waals surface area contributed by atoms with E-state index in [1.165, 1.54) is 0 Å². The second kappa shape index (κ2) is 10.1. The average Bonchev–Trinajstić information content (AvgIpc) is 3.48. The standard InChI is InChI=1S/C29H35BrF5N5O2/c1-15-20(32)11-28(8-5-9-39(15)28)14-29(34,35)25-36-23-18(10-19(31)21(30)22(23)33)24(37-25)38-12-16-6-7-17(13-38)40(16)26(41)42-27(2,3)4/h10,15-17,20H,5-9,11-14H2,1-4H3/t15-,16?,17?,20+,28-/m0/s1. The lowest BCUT2D eigenvalue weighted by molar-refractivity contribution is -0.0631. The monoisotopic (exact) mass is 659 g/mol. The first-order valence-electron chi connectivity index (χ1n) is 14.5. The Morgan fingerprint density at radius 3 is 2.48 bits per heavy atom. The van der Waals surface area contributed by atoms with Crippen molar-refractivity contribution in [1.29, 1.82) is 0 Å². The minimum absolute atomic E-state index is 0.00863. The van der Waals surface area contributed by atoms with Crippen LogP contribution in [0.2, 0.25) is 0 Å². The lowest BCUT2D eigenvalue weighted by Gasteiger charge is -2.42. The molecule has 0 N–H and O–H groups in total. The van der Waals surface area contributed by atoms with Crippen LogP contribution >= 0.6 is 15.9 Å². The zero-order chi connectivity index (χ0) is 30.4. The molecule has 1 aromatic heterocycles. The molecule has 42 heavy (non-hydrogen) atoms. The number of nitrogens with zero attached hydrogens (tertiary/aromatic N) is 5. The maximum Gasteiger partial charge on any atom is 0.410 e. The predicted octanol–water partition coefficient (Wildman–Crippen LogP) is 6.71. The van der Waals surface area contributed by atoms with E-state index in [4.69, 9.17) is 4.74 Å². The average molecular weight is 661 g/mol. The van der Waals surface area contributed by atoms with Gasteiger partial charge in [0.05, 0.1) is 16.6 Å². The normalized spacial score (nSPS) is 30.0. The Bertz CT molecular complexity index is 1410. The van der Waals surface area contributed by atoms with E-state index in [1.54, 1.807) is 37.5 Å². The molecular weight excluding hydrogens is 625 g/mol. The summed E-state index contributed by atoms with van der Waals surface area (Å²) in [6.45, 7) is 8.05. The van der Waals surface area contributed by atoms with Gasteiger partial charge in [0, 0.05) is 36.5 Å². The zero-order valence-electron chi connectivity index (χ0n) is 24.1. The SMILES string of the molecule is C[C@H]1[C@H](F)C[C@]2(CC(F)(F)c3nc(N4CC5CCC(C4)N5C(=O)OC(C)(C)C)c4cc(F)c(Br)c(F)c4n3)CCCN12. The summed E-state index contributed by atoms with van der Waals surface area (Å²) in [5, 5.41) is -0.0307. The number of hydrogen-bond donors (Lipinski definition) is 0. The van der Waals surface area contributed by atoms with Crippen molar-refractivity contribution in [1.82, 2.24) is 19.8 Å². The third-order valence-electron chi connectivity index (χ3n) is 9.31. The second-order valence-corrected chi connectivity index (χ2v) is 14.1. The quantitative estimate of drug-likeness (QED) is 0.269. The van der Waals surface area contributed by atoms with Gasteiger partial charge < -0.3 is 9.64 Å². The van der Waals surface area contributed by atoms with Gasteiger partial charge in [-0.05, 0) is 88.3 Å². The molecule has 5 atom stereocenters. The van der Waals surface area contributed by atoms with Crippen LogP contribution in [0.25, 0.3) is 10.9 Å². The number of hydrogen-bond acceptors (Lipinski definition) is 6. The molecule has 4 aliphatic heterocycles. The molecule has 4 fully saturated rings. The highest BCUT2D eigenvalue weighted by atomic mass is 79.9. The molecule has 0 radical (unpaired) electrons. The molecule has 4 aliphatic rings. The number of rotatable bonds is 4. The van der Waals surface area contributed by atoms with Crippen LogP contribution in [0.5, 0.6) is 0 Å². The fourth-order valence-electron chi connectivity index (χ4n) is 7.55. The van der Waals surface area contributed by atoms with Gasteiger partial charge in [-0.25, -0.2) is 27.9 Å². The van der Waals surface area contributed by atoms with Crippen molar-refractivity contribution in [2.24, 2.45) is 0 Å². The summed E-state index contributed by atoms with van der Waals surface area (Å²) >= 11 is 2.87.